The second-order valence-corrected chi connectivity index (χ2v) is 4.30. The summed E-state index contributed by atoms with van der Waals surface area (Å²) in [7, 11) is 0. The minimum atomic E-state index is -0.0932. The van der Waals surface area contributed by atoms with Gasteiger partial charge in [-0.05, 0) is 25.2 Å². The molecule has 1 heteroatoms. The van der Waals surface area contributed by atoms with Crippen LogP contribution in [0, 0.1) is 35.0 Å². The Hall–Kier alpha value is -0.950. The second kappa shape index (κ2) is 4.33. The standard InChI is InChI=1S/C12H17N/c1-3-4-7-12(10-13)8-5-6-11(2)9-12/h1,11H,4-9H2,2H3. The van der Waals surface area contributed by atoms with E-state index in [1.165, 1.54) is 12.8 Å². The van der Waals surface area contributed by atoms with Crippen LogP contribution in [0.4, 0.5) is 0 Å². The molecule has 2 atom stereocenters. The van der Waals surface area contributed by atoms with E-state index < -0.39 is 0 Å². The van der Waals surface area contributed by atoms with Crippen molar-refractivity contribution in [1.82, 2.24) is 0 Å². The summed E-state index contributed by atoms with van der Waals surface area (Å²) in [6, 6.07) is 2.49. The fourth-order valence-electron chi connectivity index (χ4n) is 2.36. The van der Waals surface area contributed by atoms with Gasteiger partial charge in [-0.2, -0.15) is 5.26 Å². The molecule has 0 aromatic heterocycles. The monoisotopic (exact) mass is 175 g/mol. The lowest BCUT2D eigenvalue weighted by Gasteiger charge is -2.33. The first-order chi connectivity index (χ1) is 6.22. The van der Waals surface area contributed by atoms with E-state index in [0.29, 0.717) is 5.92 Å². The van der Waals surface area contributed by atoms with Crippen LogP contribution in [0.25, 0.3) is 0 Å². The predicted molar refractivity (Wildman–Crippen MR) is 53.7 cm³/mol. The molecule has 0 aromatic carbocycles. The number of hydrogen-bond donors (Lipinski definition) is 0. The molecule has 1 nitrogen and oxygen atoms in total. The van der Waals surface area contributed by atoms with E-state index >= 15 is 0 Å². The van der Waals surface area contributed by atoms with Gasteiger partial charge in [-0.25, -0.2) is 0 Å². The van der Waals surface area contributed by atoms with E-state index in [4.69, 9.17) is 11.7 Å². The van der Waals surface area contributed by atoms with Crippen LogP contribution in [-0.2, 0) is 0 Å². The first-order valence-electron chi connectivity index (χ1n) is 5.07. The molecule has 0 heterocycles. The Labute approximate surface area is 81.1 Å². The Kier molecular flexibility index (Phi) is 3.38. The molecule has 0 spiro atoms. The summed E-state index contributed by atoms with van der Waals surface area (Å²) in [4.78, 5) is 0. The van der Waals surface area contributed by atoms with Crippen LogP contribution in [0.5, 0.6) is 0 Å². The maximum absolute atomic E-state index is 9.17. The van der Waals surface area contributed by atoms with Crippen molar-refractivity contribution < 1.29 is 0 Å². The van der Waals surface area contributed by atoms with Gasteiger partial charge in [0.1, 0.15) is 0 Å². The molecule has 2 unspecified atom stereocenters. The van der Waals surface area contributed by atoms with Crippen molar-refractivity contribution >= 4 is 0 Å². The number of terminal acetylenes is 1. The van der Waals surface area contributed by atoms with E-state index in [9.17, 15) is 0 Å². The highest BCUT2D eigenvalue weighted by molar-refractivity contribution is 5.03. The smallest absolute Gasteiger partial charge is 0.0690 e. The molecular formula is C12H17N. The summed E-state index contributed by atoms with van der Waals surface area (Å²) in [5, 5.41) is 9.17. The van der Waals surface area contributed by atoms with Crippen molar-refractivity contribution in [2.75, 3.05) is 0 Å². The zero-order valence-corrected chi connectivity index (χ0v) is 8.34. The van der Waals surface area contributed by atoms with Crippen LogP contribution in [0.3, 0.4) is 0 Å². The van der Waals surface area contributed by atoms with Gasteiger partial charge >= 0.3 is 0 Å². The Balaban J connectivity index is 2.59. The van der Waals surface area contributed by atoms with E-state index in [1.54, 1.807) is 0 Å². The fraction of sp³-hybridized carbons (Fsp3) is 0.750. The Morgan fingerprint density at radius 2 is 2.38 bits per heavy atom. The second-order valence-electron chi connectivity index (χ2n) is 4.30. The molecule has 70 valence electrons. The quantitative estimate of drug-likeness (QED) is 0.591. The number of nitrogens with zero attached hydrogens (tertiary/aromatic N) is 1. The van der Waals surface area contributed by atoms with Gasteiger partial charge in [-0.15, -0.1) is 12.3 Å². The minimum Gasteiger partial charge on any atom is -0.198 e. The molecule has 13 heavy (non-hydrogen) atoms. The average Bonchev–Trinajstić information content (AvgIpc) is 2.15. The van der Waals surface area contributed by atoms with Crippen LogP contribution in [-0.4, -0.2) is 0 Å². The van der Waals surface area contributed by atoms with Crippen molar-refractivity contribution in [2.24, 2.45) is 11.3 Å². The molecule has 0 amide bonds. The average molecular weight is 175 g/mol. The van der Waals surface area contributed by atoms with Crippen molar-refractivity contribution in [2.45, 2.75) is 45.4 Å². The topological polar surface area (TPSA) is 23.8 Å². The molecular weight excluding hydrogens is 158 g/mol. The molecule has 0 aromatic rings. The van der Waals surface area contributed by atoms with Gasteiger partial charge in [0.15, 0.2) is 0 Å². The van der Waals surface area contributed by atoms with Crippen molar-refractivity contribution in [3.05, 3.63) is 0 Å². The highest BCUT2D eigenvalue weighted by atomic mass is 14.4. The number of rotatable bonds is 2. The third-order valence-corrected chi connectivity index (χ3v) is 3.08. The normalized spacial score (nSPS) is 33.3. The van der Waals surface area contributed by atoms with E-state index in [-0.39, 0.29) is 5.41 Å². The number of nitriles is 1. The van der Waals surface area contributed by atoms with E-state index in [0.717, 1.165) is 25.7 Å². The fourth-order valence-corrected chi connectivity index (χ4v) is 2.36. The molecule has 0 saturated heterocycles. The Morgan fingerprint density at radius 1 is 1.62 bits per heavy atom. The highest BCUT2D eigenvalue weighted by Crippen LogP contribution is 2.41. The van der Waals surface area contributed by atoms with Gasteiger partial charge in [0.25, 0.3) is 0 Å². The summed E-state index contributed by atoms with van der Waals surface area (Å²) in [6.07, 6.45) is 11.4. The maximum atomic E-state index is 9.17. The van der Waals surface area contributed by atoms with Gasteiger partial charge < -0.3 is 0 Å². The first-order valence-corrected chi connectivity index (χ1v) is 5.07. The SMILES string of the molecule is C#CCCC1(C#N)CCCC(C)C1. The summed E-state index contributed by atoms with van der Waals surface area (Å²) >= 11 is 0. The minimum absolute atomic E-state index is 0.0932. The highest BCUT2D eigenvalue weighted by Gasteiger charge is 2.34. The van der Waals surface area contributed by atoms with Crippen molar-refractivity contribution in [3.8, 4) is 18.4 Å². The van der Waals surface area contributed by atoms with Crippen molar-refractivity contribution in [3.63, 3.8) is 0 Å². The van der Waals surface area contributed by atoms with E-state index in [1.807, 2.05) is 0 Å². The van der Waals surface area contributed by atoms with Gasteiger partial charge in [-0.1, -0.05) is 19.8 Å². The summed E-state index contributed by atoms with van der Waals surface area (Å²) in [6.45, 7) is 2.24. The zero-order valence-electron chi connectivity index (χ0n) is 8.34. The summed E-state index contributed by atoms with van der Waals surface area (Å²) in [5.41, 5.74) is -0.0932. The molecule has 1 fully saturated rings. The largest absolute Gasteiger partial charge is 0.198 e. The lowest BCUT2D eigenvalue weighted by atomic mass is 9.69. The third kappa shape index (κ3) is 2.49. The first kappa shape index (κ1) is 10.1. The lowest BCUT2D eigenvalue weighted by molar-refractivity contribution is 0.199. The van der Waals surface area contributed by atoms with E-state index in [2.05, 4.69) is 18.9 Å². The summed E-state index contributed by atoms with van der Waals surface area (Å²) < 4.78 is 0. The van der Waals surface area contributed by atoms with Gasteiger partial charge in [0, 0.05) is 6.42 Å². The molecule has 0 radical (unpaired) electrons. The van der Waals surface area contributed by atoms with Gasteiger partial charge in [0.05, 0.1) is 11.5 Å². The lowest BCUT2D eigenvalue weighted by Crippen LogP contribution is -2.26. The molecule has 0 bridgehead atoms. The summed E-state index contributed by atoms with van der Waals surface area (Å²) in [5.74, 6) is 3.34. The zero-order chi connectivity index (χ0) is 9.73. The number of hydrogen-bond acceptors (Lipinski definition) is 1. The molecule has 0 aliphatic heterocycles. The van der Waals surface area contributed by atoms with Crippen molar-refractivity contribution in [1.29, 1.82) is 5.26 Å². The van der Waals surface area contributed by atoms with Crippen LogP contribution in [0.2, 0.25) is 0 Å². The molecule has 1 rings (SSSR count). The Bertz CT molecular complexity index is 243. The molecule has 1 aliphatic rings. The van der Waals surface area contributed by atoms with Gasteiger partial charge in [-0.3, -0.25) is 0 Å². The third-order valence-electron chi connectivity index (χ3n) is 3.08. The predicted octanol–water partition coefficient (Wildman–Crippen LogP) is 3.12. The Morgan fingerprint density at radius 3 is 2.92 bits per heavy atom. The molecule has 1 aliphatic carbocycles. The van der Waals surface area contributed by atoms with Crippen LogP contribution in [0.1, 0.15) is 45.4 Å². The van der Waals surface area contributed by atoms with Crippen LogP contribution < -0.4 is 0 Å². The van der Waals surface area contributed by atoms with Crippen LogP contribution in [0.15, 0.2) is 0 Å². The molecule has 1 saturated carbocycles. The van der Waals surface area contributed by atoms with Crippen LogP contribution >= 0.6 is 0 Å². The molecule has 0 N–H and O–H groups in total. The maximum Gasteiger partial charge on any atom is 0.0690 e. The van der Waals surface area contributed by atoms with Gasteiger partial charge in [0.2, 0.25) is 0 Å².